The quantitative estimate of drug-likeness (QED) is 0.216. The highest BCUT2D eigenvalue weighted by molar-refractivity contribution is 7.87. The zero-order valence-corrected chi connectivity index (χ0v) is 17.9. The predicted octanol–water partition coefficient (Wildman–Crippen LogP) is 2.74. The number of benzene rings is 2. The molecule has 1 aromatic heterocycles. The Morgan fingerprint density at radius 2 is 1.84 bits per heavy atom. The topological polar surface area (TPSA) is 148 Å². The summed E-state index contributed by atoms with van der Waals surface area (Å²) in [7, 11) is -4.57. The van der Waals surface area contributed by atoms with Gasteiger partial charge in [-0.25, -0.2) is 4.79 Å². The van der Waals surface area contributed by atoms with Crippen molar-refractivity contribution in [3.05, 3.63) is 85.8 Å². The highest BCUT2D eigenvalue weighted by Gasteiger charge is 2.26. The Morgan fingerprint density at radius 3 is 2.44 bits per heavy atom. The van der Waals surface area contributed by atoms with Crippen LogP contribution < -0.4 is 9.74 Å². The van der Waals surface area contributed by atoms with Crippen molar-refractivity contribution in [2.45, 2.75) is 11.8 Å². The predicted molar refractivity (Wildman–Crippen MR) is 112 cm³/mol. The maximum absolute atomic E-state index is 12.6. The van der Waals surface area contributed by atoms with Crippen LogP contribution in [0.5, 0.6) is 5.75 Å². The number of non-ortho nitro benzene ring substituents is 1. The van der Waals surface area contributed by atoms with E-state index in [2.05, 4.69) is 5.10 Å². The zero-order valence-electron chi connectivity index (χ0n) is 16.3. The van der Waals surface area contributed by atoms with Crippen LogP contribution in [-0.2, 0) is 14.9 Å². The van der Waals surface area contributed by atoms with E-state index in [9.17, 15) is 28.1 Å². The van der Waals surface area contributed by atoms with Gasteiger partial charge in [-0.15, -0.1) is 0 Å². The molecule has 0 aliphatic rings. The molecule has 0 saturated heterocycles. The number of nitro groups is 1. The van der Waals surface area contributed by atoms with E-state index in [0.717, 1.165) is 35.0 Å². The normalized spacial score (nSPS) is 11.1. The smallest absolute Gasteiger partial charge is 0.362 e. The van der Waals surface area contributed by atoms with E-state index in [1.165, 1.54) is 19.1 Å². The van der Waals surface area contributed by atoms with Gasteiger partial charge >= 0.3 is 16.1 Å². The van der Waals surface area contributed by atoms with Gasteiger partial charge in [0.2, 0.25) is 5.69 Å². The van der Waals surface area contributed by atoms with E-state index in [-0.39, 0.29) is 23.0 Å². The first-order valence-corrected chi connectivity index (χ1v) is 10.7. The number of halogens is 1. The van der Waals surface area contributed by atoms with Gasteiger partial charge in [0, 0.05) is 12.1 Å². The summed E-state index contributed by atoms with van der Waals surface area (Å²) in [6.45, 7) is 1.47. The van der Waals surface area contributed by atoms with Gasteiger partial charge in [-0.1, -0.05) is 23.7 Å². The summed E-state index contributed by atoms with van der Waals surface area (Å²) in [5.74, 6) is -1.71. The van der Waals surface area contributed by atoms with Gasteiger partial charge in [0.25, 0.3) is 11.2 Å². The number of hydrogen-bond donors (Lipinski definition) is 0. The third kappa shape index (κ3) is 4.76. The molecule has 0 radical (unpaired) electrons. The van der Waals surface area contributed by atoms with Crippen molar-refractivity contribution in [3.8, 4) is 11.4 Å². The van der Waals surface area contributed by atoms with E-state index in [4.69, 9.17) is 20.5 Å². The van der Waals surface area contributed by atoms with Crippen molar-refractivity contribution in [1.82, 2.24) is 9.78 Å². The lowest BCUT2D eigenvalue weighted by atomic mass is 10.3. The van der Waals surface area contributed by atoms with Crippen LogP contribution in [0.2, 0.25) is 5.02 Å². The monoisotopic (exact) mass is 479 g/mol. The molecule has 0 spiro atoms. The lowest BCUT2D eigenvalue weighted by molar-refractivity contribution is -0.384. The SMILES string of the molecule is CCOC(=O)c1nn(-c2ccccc2Cl)c(=O)cc1OS(=O)(=O)c1ccc([N+](=O)[O-])cc1. The molecule has 2 aromatic carbocycles. The summed E-state index contributed by atoms with van der Waals surface area (Å²) in [4.78, 5) is 34.6. The average Bonchev–Trinajstić information content (AvgIpc) is 2.74. The van der Waals surface area contributed by atoms with Gasteiger partial charge in [0.15, 0.2) is 5.75 Å². The van der Waals surface area contributed by atoms with Gasteiger partial charge in [0.1, 0.15) is 4.90 Å². The summed E-state index contributed by atoms with van der Waals surface area (Å²) in [5.41, 5.74) is -1.61. The maximum atomic E-state index is 12.6. The number of aromatic nitrogens is 2. The van der Waals surface area contributed by atoms with Crippen LogP contribution in [-0.4, -0.2) is 35.7 Å². The Bertz CT molecular complexity index is 1350. The molecule has 13 heteroatoms. The molecule has 3 aromatic rings. The Hall–Kier alpha value is -3.77. The maximum Gasteiger partial charge on any atom is 0.362 e. The number of nitrogens with zero attached hydrogens (tertiary/aromatic N) is 3. The van der Waals surface area contributed by atoms with Crippen molar-refractivity contribution in [2.24, 2.45) is 0 Å². The number of para-hydroxylation sites is 1. The highest BCUT2D eigenvalue weighted by atomic mass is 35.5. The molecule has 0 amide bonds. The van der Waals surface area contributed by atoms with E-state index >= 15 is 0 Å². The zero-order chi connectivity index (χ0) is 23.5. The van der Waals surface area contributed by atoms with Crippen molar-refractivity contribution >= 4 is 33.4 Å². The minimum atomic E-state index is -4.57. The minimum absolute atomic E-state index is 0.0553. The van der Waals surface area contributed by atoms with E-state index in [1.54, 1.807) is 12.1 Å². The summed E-state index contributed by atoms with van der Waals surface area (Å²) < 4.78 is 35.9. The number of carbonyl (C=O) groups is 1. The van der Waals surface area contributed by atoms with Gasteiger partial charge < -0.3 is 8.92 Å². The summed E-state index contributed by atoms with van der Waals surface area (Å²) in [6, 6.07) is 10.8. The summed E-state index contributed by atoms with van der Waals surface area (Å²) >= 11 is 6.09. The number of esters is 1. The second-order valence-corrected chi connectivity index (χ2v) is 8.02. The lowest BCUT2D eigenvalue weighted by Gasteiger charge is -2.13. The number of hydrogen-bond acceptors (Lipinski definition) is 9. The first kappa shape index (κ1) is 22.9. The molecule has 1 heterocycles. The molecular formula is C19H14ClN3O8S. The van der Waals surface area contributed by atoms with Crippen molar-refractivity contribution in [2.75, 3.05) is 6.61 Å². The summed E-state index contributed by atoms with van der Waals surface area (Å²) in [6.07, 6.45) is 0. The largest absolute Gasteiger partial charge is 0.461 e. The van der Waals surface area contributed by atoms with Crippen LogP contribution in [0.4, 0.5) is 5.69 Å². The van der Waals surface area contributed by atoms with Crippen LogP contribution in [0.1, 0.15) is 17.4 Å². The summed E-state index contributed by atoms with van der Waals surface area (Å²) in [5, 5.41) is 14.8. The second kappa shape index (κ2) is 9.16. The fraction of sp³-hybridized carbons (Fsp3) is 0.105. The van der Waals surface area contributed by atoms with Crippen LogP contribution in [0, 0.1) is 10.1 Å². The number of ether oxygens (including phenoxy) is 1. The number of rotatable bonds is 7. The van der Waals surface area contributed by atoms with Crippen molar-refractivity contribution in [3.63, 3.8) is 0 Å². The molecule has 0 aliphatic heterocycles. The van der Waals surface area contributed by atoms with Gasteiger partial charge in [-0.05, 0) is 31.2 Å². The number of carbonyl (C=O) groups excluding carboxylic acids is 1. The van der Waals surface area contributed by atoms with E-state index in [0.29, 0.717) is 0 Å². The fourth-order valence-corrected chi connectivity index (χ4v) is 3.69. The lowest BCUT2D eigenvalue weighted by Crippen LogP contribution is -2.26. The molecular weight excluding hydrogens is 466 g/mol. The molecule has 0 aliphatic carbocycles. The van der Waals surface area contributed by atoms with Crippen molar-refractivity contribution < 1.29 is 27.1 Å². The Kier molecular flexibility index (Phi) is 6.55. The molecule has 32 heavy (non-hydrogen) atoms. The molecule has 0 saturated carbocycles. The van der Waals surface area contributed by atoms with Crippen LogP contribution in [0.25, 0.3) is 5.69 Å². The third-order valence-electron chi connectivity index (χ3n) is 3.98. The molecule has 0 bridgehead atoms. The third-order valence-corrected chi connectivity index (χ3v) is 5.55. The Morgan fingerprint density at radius 1 is 1.19 bits per heavy atom. The molecule has 0 atom stereocenters. The molecule has 0 fully saturated rings. The van der Waals surface area contributed by atoms with Gasteiger partial charge in [-0.2, -0.15) is 18.2 Å². The number of nitro benzene ring substituents is 1. The average molecular weight is 480 g/mol. The first-order chi connectivity index (χ1) is 15.1. The van der Waals surface area contributed by atoms with Gasteiger partial charge in [0.05, 0.1) is 28.3 Å². The minimum Gasteiger partial charge on any atom is -0.461 e. The van der Waals surface area contributed by atoms with E-state index < -0.39 is 42.9 Å². The van der Waals surface area contributed by atoms with Crippen LogP contribution in [0.3, 0.4) is 0 Å². The molecule has 166 valence electrons. The van der Waals surface area contributed by atoms with Crippen LogP contribution >= 0.6 is 11.6 Å². The standard InChI is InChI=1S/C19H14ClN3O8S/c1-2-30-19(25)18-16(11-17(24)22(21-18)15-6-4-3-5-14(15)20)31-32(28,29)13-9-7-12(8-10-13)23(26)27/h3-11H,2H2,1H3. The molecule has 11 nitrogen and oxygen atoms in total. The fourth-order valence-electron chi connectivity index (χ4n) is 2.54. The molecule has 0 unspecified atom stereocenters. The van der Waals surface area contributed by atoms with Crippen LogP contribution in [0.15, 0.2) is 64.3 Å². The molecule has 0 N–H and O–H groups in total. The van der Waals surface area contributed by atoms with Crippen molar-refractivity contribution in [1.29, 1.82) is 0 Å². The first-order valence-electron chi connectivity index (χ1n) is 8.89. The highest BCUT2D eigenvalue weighted by Crippen LogP contribution is 2.24. The van der Waals surface area contributed by atoms with E-state index in [1.807, 2.05) is 0 Å². The second-order valence-electron chi connectivity index (χ2n) is 6.07. The molecule has 3 rings (SSSR count). The van der Waals surface area contributed by atoms with Gasteiger partial charge in [-0.3, -0.25) is 14.9 Å². The Labute approximate surface area is 186 Å². The Balaban J connectivity index is 2.10.